The highest BCUT2D eigenvalue weighted by molar-refractivity contribution is 7.64. The third kappa shape index (κ3) is 9.02. The maximum atomic E-state index is 12.0. The minimum Gasteiger partial charge on any atom is -0.481 e. The smallest absolute Gasteiger partial charge is 0.395 e. The third-order valence-electron chi connectivity index (χ3n) is 1.67. The van der Waals surface area contributed by atoms with Gasteiger partial charge in [-0.05, 0) is 0 Å². The number of carboxylic acid groups (broad SMARTS) is 1. The van der Waals surface area contributed by atoms with E-state index in [1.807, 2.05) is 0 Å². The molecule has 0 aliphatic carbocycles. The first-order valence-corrected chi connectivity index (χ1v) is 6.52. The number of hydrogen-bond acceptors (Lipinski definition) is 2. The average Bonchev–Trinajstić information content (AvgIpc) is 1.93. The fraction of sp³-hybridized carbons (Fsp3) is 0.857. The molecule has 0 aromatic heterocycles. The summed E-state index contributed by atoms with van der Waals surface area (Å²) < 4.78 is 83.2. The molecule has 0 heterocycles. The van der Waals surface area contributed by atoms with Gasteiger partial charge in [0.05, 0.1) is 18.7 Å². The van der Waals surface area contributed by atoms with Crippen LogP contribution in [-0.4, -0.2) is 41.9 Å². The van der Waals surface area contributed by atoms with Crippen molar-refractivity contribution in [2.24, 2.45) is 0 Å². The highest BCUT2D eigenvalue weighted by Crippen LogP contribution is 2.53. The number of rotatable bonds is 5. The zero-order valence-corrected chi connectivity index (χ0v) is 9.20. The van der Waals surface area contributed by atoms with Crippen LogP contribution in [0, 0.1) is 0 Å². The molecule has 0 amide bonds. The van der Waals surface area contributed by atoms with E-state index >= 15 is 0 Å². The number of carbonyl (C=O) groups is 1. The minimum absolute atomic E-state index is 0.983. The van der Waals surface area contributed by atoms with Crippen molar-refractivity contribution in [1.29, 1.82) is 0 Å². The van der Waals surface area contributed by atoms with E-state index in [1.165, 1.54) is 0 Å². The van der Waals surface area contributed by atoms with Gasteiger partial charge in [-0.2, -0.15) is 26.3 Å². The van der Waals surface area contributed by atoms with Crippen molar-refractivity contribution < 1.29 is 40.8 Å². The Morgan fingerprint density at radius 3 is 1.59 bits per heavy atom. The van der Waals surface area contributed by atoms with Gasteiger partial charge in [0.2, 0.25) is 0 Å². The van der Waals surface area contributed by atoms with Gasteiger partial charge in [-0.3, -0.25) is 4.79 Å². The molecule has 0 saturated carbocycles. The van der Waals surface area contributed by atoms with E-state index in [9.17, 15) is 35.7 Å². The van der Waals surface area contributed by atoms with Crippen LogP contribution in [0.4, 0.5) is 26.3 Å². The fourth-order valence-corrected chi connectivity index (χ4v) is 3.50. The molecule has 0 radical (unpaired) electrons. The second-order valence-corrected chi connectivity index (χ2v) is 6.67. The molecule has 0 unspecified atom stereocenters. The molecule has 0 aromatic carbocycles. The van der Waals surface area contributed by atoms with Gasteiger partial charge in [-0.1, -0.05) is 0 Å². The summed E-state index contributed by atoms with van der Waals surface area (Å²) in [4.78, 5) is 10.1. The molecule has 102 valence electrons. The van der Waals surface area contributed by atoms with Crippen molar-refractivity contribution in [3.05, 3.63) is 0 Å². The maximum absolute atomic E-state index is 12.0. The third-order valence-corrected chi connectivity index (χ3v) is 4.58. The maximum Gasteiger partial charge on any atom is 0.395 e. The Hall–Kier alpha value is -0.720. The Labute approximate surface area is 92.2 Å². The second kappa shape index (κ2) is 5.29. The zero-order valence-electron chi connectivity index (χ0n) is 8.31. The van der Waals surface area contributed by atoms with Gasteiger partial charge < -0.3 is 9.67 Å². The normalized spacial score (nSPS) is 13.8. The minimum atomic E-state index is -5.01. The Morgan fingerprint density at radius 2 is 1.35 bits per heavy atom. The predicted octanol–water partition coefficient (Wildman–Crippen LogP) is 2.95. The lowest BCUT2D eigenvalue weighted by atomic mass is 10.5. The number of aliphatic carboxylic acids is 1. The van der Waals surface area contributed by atoms with Gasteiger partial charge >= 0.3 is 18.3 Å². The van der Waals surface area contributed by atoms with Crippen molar-refractivity contribution in [2.45, 2.75) is 18.8 Å². The summed E-state index contributed by atoms with van der Waals surface area (Å²) in [7, 11) is -4.65. The summed E-state index contributed by atoms with van der Waals surface area (Å²) in [5.74, 6) is -1.59. The Morgan fingerprint density at radius 1 is 1.00 bits per heavy atom. The van der Waals surface area contributed by atoms with Crippen LogP contribution in [0.1, 0.15) is 6.42 Å². The van der Waals surface area contributed by atoms with Crippen molar-refractivity contribution in [3.8, 4) is 0 Å². The Bertz CT molecular complexity index is 301. The molecule has 17 heavy (non-hydrogen) atoms. The average molecular weight is 286 g/mol. The SMILES string of the molecule is O=C(O)CCP(=O)(CC(F)(F)F)CC(F)(F)F. The lowest BCUT2D eigenvalue weighted by molar-refractivity contribution is -0.136. The zero-order chi connectivity index (χ0) is 13.9. The summed E-state index contributed by atoms with van der Waals surface area (Å²) in [6.07, 6.45) is -16.3. The van der Waals surface area contributed by atoms with Crippen LogP contribution in [0.2, 0.25) is 0 Å². The van der Waals surface area contributed by atoms with E-state index in [2.05, 4.69) is 0 Å². The first kappa shape index (κ1) is 16.3. The first-order chi connectivity index (χ1) is 7.33. The van der Waals surface area contributed by atoms with Gasteiger partial charge in [0.15, 0.2) is 0 Å². The van der Waals surface area contributed by atoms with Crippen LogP contribution in [0.5, 0.6) is 0 Å². The molecule has 0 saturated heterocycles. The number of hydrogen-bond donors (Lipinski definition) is 1. The topological polar surface area (TPSA) is 54.4 Å². The lowest BCUT2D eigenvalue weighted by Crippen LogP contribution is -2.24. The fourth-order valence-electron chi connectivity index (χ4n) is 1.17. The molecule has 1 N–H and O–H groups in total. The highest BCUT2D eigenvalue weighted by Gasteiger charge is 2.45. The molecule has 0 aliphatic rings. The number of carboxylic acids is 1. The standard InChI is InChI=1S/C7H9F6O3P/c8-6(9,10)3-17(16,2-1-5(14)15)4-7(11,12)13/h1-4H2,(H,14,15). The summed E-state index contributed by atoms with van der Waals surface area (Å²) in [5.41, 5.74) is 0. The number of halogens is 6. The van der Waals surface area contributed by atoms with Gasteiger partial charge in [0, 0.05) is 6.16 Å². The Balaban J connectivity index is 4.82. The molecule has 0 atom stereocenters. The largest absolute Gasteiger partial charge is 0.481 e. The van der Waals surface area contributed by atoms with Gasteiger partial charge in [0.1, 0.15) is 7.14 Å². The molecule has 0 aromatic rings. The summed E-state index contributed by atoms with van der Waals surface area (Å²) in [6.45, 7) is 0. The Kier molecular flexibility index (Phi) is 5.06. The van der Waals surface area contributed by atoms with E-state index in [0.717, 1.165) is 0 Å². The van der Waals surface area contributed by atoms with E-state index in [4.69, 9.17) is 5.11 Å². The van der Waals surface area contributed by atoms with Crippen molar-refractivity contribution in [3.63, 3.8) is 0 Å². The summed E-state index contributed by atoms with van der Waals surface area (Å²) in [5, 5.41) is 8.19. The molecule has 10 heteroatoms. The van der Waals surface area contributed by atoms with Crippen molar-refractivity contribution >= 4 is 13.1 Å². The van der Waals surface area contributed by atoms with Crippen LogP contribution < -0.4 is 0 Å². The lowest BCUT2D eigenvalue weighted by Gasteiger charge is -2.20. The van der Waals surface area contributed by atoms with Crippen LogP contribution >= 0.6 is 7.14 Å². The predicted molar refractivity (Wildman–Crippen MR) is 46.6 cm³/mol. The molecule has 0 rings (SSSR count). The molecular formula is C7H9F6O3P. The summed E-state index contributed by atoms with van der Waals surface area (Å²) >= 11 is 0. The molecular weight excluding hydrogens is 277 g/mol. The van der Waals surface area contributed by atoms with Crippen LogP contribution in [0.25, 0.3) is 0 Å². The van der Waals surface area contributed by atoms with E-state index < -0.39 is 50.4 Å². The van der Waals surface area contributed by atoms with Gasteiger partial charge in [-0.15, -0.1) is 0 Å². The van der Waals surface area contributed by atoms with Crippen LogP contribution in [-0.2, 0) is 9.36 Å². The summed E-state index contributed by atoms with van der Waals surface area (Å²) in [6, 6.07) is 0. The monoisotopic (exact) mass is 286 g/mol. The van der Waals surface area contributed by atoms with Crippen molar-refractivity contribution in [2.75, 3.05) is 18.5 Å². The molecule has 3 nitrogen and oxygen atoms in total. The van der Waals surface area contributed by atoms with Crippen LogP contribution in [0.15, 0.2) is 0 Å². The second-order valence-electron chi connectivity index (χ2n) is 3.47. The molecule has 0 fully saturated rings. The van der Waals surface area contributed by atoms with E-state index in [0.29, 0.717) is 0 Å². The first-order valence-electron chi connectivity index (χ1n) is 4.25. The molecule has 0 bridgehead atoms. The molecule has 0 aliphatic heterocycles. The highest BCUT2D eigenvalue weighted by atomic mass is 31.2. The van der Waals surface area contributed by atoms with E-state index in [1.54, 1.807) is 0 Å². The van der Waals surface area contributed by atoms with Gasteiger partial charge in [-0.25, -0.2) is 0 Å². The van der Waals surface area contributed by atoms with E-state index in [-0.39, 0.29) is 0 Å². The van der Waals surface area contributed by atoms with Crippen molar-refractivity contribution in [1.82, 2.24) is 0 Å². The van der Waals surface area contributed by atoms with Crippen LogP contribution in [0.3, 0.4) is 0 Å². The number of alkyl halides is 6. The van der Waals surface area contributed by atoms with Gasteiger partial charge in [0.25, 0.3) is 0 Å². The molecule has 0 spiro atoms. The quantitative estimate of drug-likeness (QED) is 0.624.